The van der Waals surface area contributed by atoms with Gasteiger partial charge in [-0.3, -0.25) is 9.59 Å². The summed E-state index contributed by atoms with van der Waals surface area (Å²) in [7, 11) is 0. The lowest BCUT2D eigenvalue weighted by molar-refractivity contribution is -0.120. The Morgan fingerprint density at radius 3 is 2.37 bits per heavy atom. The fourth-order valence-corrected chi connectivity index (χ4v) is 2.93. The number of nitrogens with zero attached hydrogens (tertiary/aromatic N) is 2. The molecule has 0 bridgehead atoms. The van der Waals surface area contributed by atoms with Gasteiger partial charge in [-0.15, -0.1) is 0 Å². The van der Waals surface area contributed by atoms with Gasteiger partial charge in [-0.1, -0.05) is 36.8 Å². The summed E-state index contributed by atoms with van der Waals surface area (Å²) in [5.74, 6) is -0.760. The number of benzene rings is 2. The molecule has 30 heavy (non-hydrogen) atoms. The van der Waals surface area contributed by atoms with E-state index < -0.39 is 0 Å². The van der Waals surface area contributed by atoms with Crippen LogP contribution in [0, 0.1) is 12.7 Å². The van der Waals surface area contributed by atoms with Crippen LogP contribution in [-0.2, 0) is 4.79 Å². The first kappa shape index (κ1) is 21.2. The Morgan fingerprint density at radius 1 is 1.00 bits per heavy atom. The highest BCUT2D eigenvalue weighted by atomic mass is 19.1. The van der Waals surface area contributed by atoms with E-state index in [0.29, 0.717) is 23.5 Å². The van der Waals surface area contributed by atoms with Crippen LogP contribution in [0.1, 0.15) is 35.7 Å². The van der Waals surface area contributed by atoms with Gasteiger partial charge in [0.05, 0.1) is 11.3 Å². The van der Waals surface area contributed by atoms with Crippen LogP contribution in [-0.4, -0.2) is 34.7 Å². The van der Waals surface area contributed by atoms with E-state index in [9.17, 15) is 14.0 Å². The third-order valence-corrected chi connectivity index (χ3v) is 4.58. The van der Waals surface area contributed by atoms with Crippen LogP contribution >= 0.6 is 0 Å². The number of aryl methyl sites for hydroxylation is 1. The zero-order valence-corrected chi connectivity index (χ0v) is 17.1. The highest BCUT2D eigenvalue weighted by molar-refractivity contribution is 6.00. The maximum Gasteiger partial charge on any atom is 0.255 e. The summed E-state index contributed by atoms with van der Waals surface area (Å²) < 4.78 is 14.8. The molecule has 7 heteroatoms. The Bertz CT molecular complexity index is 1010. The molecule has 0 atom stereocenters. The van der Waals surface area contributed by atoms with E-state index in [2.05, 4.69) is 15.7 Å². The van der Waals surface area contributed by atoms with Crippen molar-refractivity contribution < 1.29 is 14.0 Å². The molecule has 0 unspecified atom stereocenters. The molecule has 2 aromatic carbocycles. The van der Waals surface area contributed by atoms with Crippen molar-refractivity contribution in [3.05, 3.63) is 71.7 Å². The van der Waals surface area contributed by atoms with Gasteiger partial charge in [0, 0.05) is 31.3 Å². The SMILES string of the molecule is CCCNC(=O)CCNC(=O)c1cn(-c2ccc(F)cc2)nc1-c1ccc(C)cc1. The number of aromatic nitrogens is 2. The van der Waals surface area contributed by atoms with Crippen LogP contribution in [0.4, 0.5) is 4.39 Å². The van der Waals surface area contributed by atoms with Crippen molar-refractivity contribution in [1.29, 1.82) is 0 Å². The van der Waals surface area contributed by atoms with Crippen molar-refractivity contribution in [3.8, 4) is 16.9 Å². The molecule has 6 nitrogen and oxygen atoms in total. The predicted octanol–water partition coefficient (Wildman–Crippen LogP) is 3.63. The fourth-order valence-electron chi connectivity index (χ4n) is 2.93. The van der Waals surface area contributed by atoms with E-state index in [1.54, 1.807) is 23.0 Å². The quantitative estimate of drug-likeness (QED) is 0.598. The molecule has 3 rings (SSSR count). The van der Waals surface area contributed by atoms with E-state index >= 15 is 0 Å². The largest absolute Gasteiger partial charge is 0.356 e. The highest BCUT2D eigenvalue weighted by Gasteiger charge is 2.19. The minimum absolute atomic E-state index is 0.0992. The normalized spacial score (nSPS) is 10.6. The smallest absolute Gasteiger partial charge is 0.255 e. The standard InChI is InChI=1S/C23H25FN4O2/c1-3-13-25-21(29)12-14-26-23(30)20-15-28(19-10-8-18(24)9-11-19)27-22(20)17-6-4-16(2)5-7-17/h4-11,15H,3,12-14H2,1-2H3,(H,25,29)(H,26,30). The molecular weight excluding hydrogens is 383 g/mol. The average Bonchev–Trinajstić information content (AvgIpc) is 3.19. The number of carbonyl (C=O) groups is 2. The van der Waals surface area contributed by atoms with Gasteiger partial charge in [0.2, 0.25) is 5.91 Å². The predicted molar refractivity (Wildman–Crippen MR) is 114 cm³/mol. The van der Waals surface area contributed by atoms with Crippen molar-refractivity contribution in [3.63, 3.8) is 0 Å². The van der Waals surface area contributed by atoms with Crippen LogP contribution in [0.3, 0.4) is 0 Å². The minimum Gasteiger partial charge on any atom is -0.356 e. The highest BCUT2D eigenvalue weighted by Crippen LogP contribution is 2.24. The van der Waals surface area contributed by atoms with Gasteiger partial charge in [-0.25, -0.2) is 9.07 Å². The Hall–Kier alpha value is -3.48. The molecule has 0 aliphatic carbocycles. The number of hydrogen-bond donors (Lipinski definition) is 2. The first-order chi connectivity index (χ1) is 14.5. The van der Waals surface area contributed by atoms with Gasteiger partial charge in [0.1, 0.15) is 11.5 Å². The average molecular weight is 408 g/mol. The number of nitrogens with one attached hydrogen (secondary N) is 2. The monoisotopic (exact) mass is 408 g/mol. The molecule has 0 spiro atoms. The molecule has 156 valence electrons. The summed E-state index contributed by atoms with van der Waals surface area (Å²) in [4.78, 5) is 24.6. The number of amides is 2. The van der Waals surface area contributed by atoms with Crippen LogP contribution in [0.15, 0.2) is 54.7 Å². The third-order valence-electron chi connectivity index (χ3n) is 4.58. The zero-order chi connectivity index (χ0) is 21.5. The van der Waals surface area contributed by atoms with E-state index in [1.807, 2.05) is 38.1 Å². The fraction of sp³-hybridized carbons (Fsp3) is 0.261. The molecule has 1 heterocycles. The summed E-state index contributed by atoms with van der Waals surface area (Å²) in [5.41, 5.74) is 3.44. The molecule has 0 fully saturated rings. The maximum atomic E-state index is 13.3. The summed E-state index contributed by atoms with van der Waals surface area (Å²) in [6, 6.07) is 13.6. The molecule has 0 aliphatic rings. The van der Waals surface area contributed by atoms with Gasteiger partial charge in [-0.2, -0.15) is 5.10 Å². The maximum absolute atomic E-state index is 13.3. The van der Waals surface area contributed by atoms with Crippen LogP contribution < -0.4 is 10.6 Å². The zero-order valence-electron chi connectivity index (χ0n) is 17.1. The first-order valence-electron chi connectivity index (χ1n) is 9.95. The van der Waals surface area contributed by atoms with Crippen molar-refractivity contribution in [2.45, 2.75) is 26.7 Å². The van der Waals surface area contributed by atoms with E-state index in [1.165, 1.54) is 12.1 Å². The lowest BCUT2D eigenvalue weighted by Crippen LogP contribution is -2.31. The molecule has 1 aromatic heterocycles. The molecule has 2 amide bonds. The Kier molecular flexibility index (Phi) is 6.95. The third kappa shape index (κ3) is 5.31. The summed E-state index contributed by atoms with van der Waals surface area (Å²) in [6.07, 6.45) is 2.69. The van der Waals surface area contributed by atoms with Gasteiger partial charge < -0.3 is 10.6 Å². The van der Waals surface area contributed by atoms with E-state index in [4.69, 9.17) is 0 Å². The van der Waals surface area contributed by atoms with E-state index in [-0.39, 0.29) is 30.6 Å². The summed E-state index contributed by atoms with van der Waals surface area (Å²) in [5, 5.41) is 10.1. The van der Waals surface area contributed by atoms with Crippen molar-refractivity contribution in [1.82, 2.24) is 20.4 Å². The molecule has 0 radical (unpaired) electrons. The molecule has 0 saturated carbocycles. The minimum atomic E-state index is -0.344. The first-order valence-corrected chi connectivity index (χ1v) is 9.95. The molecule has 0 saturated heterocycles. The van der Waals surface area contributed by atoms with Gasteiger partial charge in [-0.05, 0) is 37.6 Å². The van der Waals surface area contributed by atoms with Crippen LogP contribution in [0.5, 0.6) is 0 Å². The van der Waals surface area contributed by atoms with Crippen LogP contribution in [0.25, 0.3) is 16.9 Å². The van der Waals surface area contributed by atoms with Gasteiger partial charge in [0.15, 0.2) is 0 Å². The summed E-state index contributed by atoms with van der Waals surface area (Å²) >= 11 is 0. The van der Waals surface area contributed by atoms with Crippen molar-refractivity contribution in [2.75, 3.05) is 13.1 Å². The Morgan fingerprint density at radius 2 is 1.70 bits per heavy atom. The second-order valence-electron chi connectivity index (χ2n) is 7.03. The van der Waals surface area contributed by atoms with Gasteiger partial charge >= 0.3 is 0 Å². The second kappa shape index (κ2) is 9.82. The number of rotatable bonds is 8. The number of halogens is 1. The molecule has 2 N–H and O–H groups in total. The molecular formula is C23H25FN4O2. The number of hydrogen-bond acceptors (Lipinski definition) is 3. The molecule has 3 aromatic rings. The second-order valence-corrected chi connectivity index (χ2v) is 7.03. The Labute approximate surface area is 175 Å². The topological polar surface area (TPSA) is 76.0 Å². The van der Waals surface area contributed by atoms with Crippen LogP contribution in [0.2, 0.25) is 0 Å². The number of carbonyl (C=O) groups excluding carboxylic acids is 2. The Balaban J connectivity index is 1.83. The lowest BCUT2D eigenvalue weighted by Gasteiger charge is -2.06. The van der Waals surface area contributed by atoms with Crippen molar-refractivity contribution >= 4 is 11.8 Å². The summed E-state index contributed by atoms with van der Waals surface area (Å²) in [6.45, 7) is 4.81. The molecule has 0 aliphatic heterocycles. The lowest BCUT2D eigenvalue weighted by atomic mass is 10.1. The van der Waals surface area contributed by atoms with E-state index in [0.717, 1.165) is 17.5 Å². The van der Waals surface area contributed by atoms with Gasteiger partial charge in [0.25, 0.3) is 5.91 Å². The van der Waals surface area contributed by atoms with Crippen molar-refractivity contribution in [2.24, 2.45) is 0 Å².